The number of likely N-dealkylation sites (tertiary alicyclic amines) is 3. The predicted octanol–water partition coefficient (Wildman–Crippen LogP) is -16.2. The molecule has 7 heterocycles. The molecule has 31 N–H and O–H groups in total. The number of amides is 16. The Kier molecular flexibility index (Phi) is 43.0. The summed E-state index contributed by atoms with van der Waals surface area (Å²) in [6, 6.07) is -23.5. The molecule has 6 aliphatic heterocycles. The van der Waals surface area contributed by atoms with Gasteiger partial charge in [-0.3, -0.25) is 86.5 Å². The third-order valence-electron chi connectivity index (χ3n) is 23.4. The minimum Gasteiger partial charge on any atom is -0.481 e. The van der Waals surface area contributed by atoms with E-state index in [-0.39, 0.29) is 71.1 Å². The van der Waals surface area contributed by atoms with Crippen LogP contribution < -0.4 is 86.3 Å². The molecular formula is C80H130N22O34. The first-order chi connectivity index (χ1) is 64.2. The molecule has 0 bridgehead atoms. The maximum Gasteiger partial charge on any atom is 0.305 e. The van der Waals surface area contributed by atoms with Gasteiger partial charge < -0.3 is 191 Å². The van der Waals surface area contributed by atoms with Crippen molar-refractivity contribution >= 4 is 106 Å². The van der Waals surface area contributed by atoms with Crippen LogP contribution in [-0.2, 0) is 116 Å². The fraction of sp³-hybridized carbons (Fsp3) is 0.738. The van der Waals surface area contributed by atoms with Gasteiger partial charge in [-0.25, -0.2) is 4.98 Å². The van der Waals surface area contributed by atoms with Gasteiger partial charge in [0.1, 0.15) is 140 Å². The van der Waals surface area contributed by atoms with Crippen molar-refractivity contribution in [2.45, 2.75) is 296 Å². The number of hydrogen-bond acceptors (Lipinski definition) is 36. The standard InChI is InChI=1S/C80H130N22O34/c1-32(2)53(97-51(111)26-87-65(119)40(81)22-39-24-85-31-89-39)71(125)98-54(35(5)107)72(126)96-43(27-103)67(121)90-33(3)74(128)101-20-12-17-46(101)70(124)95-42(23-52(112)113)66(120)99-55(73(127)94-41(14-10-18-86-80(82)83)76(130)102-21-13-16-45(102)69(123)91-34(4)75(129)100-19-11-15-44(100)68(122)88-25-50(110)84-9)36(6)131-78-57(93-38(8)109)64(59(115)48(29-105)132-78)136-77-56(92-37(7)108)60(116)63(49(30-106)134-77)135-79-62(118)61(117)58(114)47(28-104)133-79/h24,31-36,40-49,53-64,77-79,103-107,114-118H,10-23,25-30,81H2,1-9H3,(H,84,110)(H,85,89)(H,87,119)(H,88,122)(H,90,121)(H,91,123)(H,92,108)(H,93,109)(H,94,127)(H,95,124)(H,96,126)(H,97,111)(H,98,125)(H,99,120)(H,112,113)(H4,82,83,86)/t33?,34?,35?,36?,40?,41?,42?,43?,44?,45?,46?,47-,48-,49-,53?,54?,55?,56?,57?,58-,59-,60?,61?,62?,63-,64?,77-,78+,79-/m1/s1. The number of nitrogens with two attached hydrogens (primary N) is 3. The fourth-order valence-electron chi connectivity index (χ4n) is 16.2. The van der Waals surface area contributed by atoms with Crippen molar-refractivity contribution < 1.29 is 166 Å². The number of hydrogen-bond donors (Lipinski definition) is 28. The molecule has 136 heavy (non-hydrogen) atoms. The molecule has 6 aliphatic rings. The molecule has 0 spiro atoms. The molecule has 56 nitrogen and oxygen atoms in total. The summed E-state index contributed by atoms with van der Waals surface area (Å²) in [5, 5.41) is 150. The number of aliphatic hydroxyl groups is 10. The lowest BCUT2D eigenvalue weighted by atomic mass is 9.93. The van der Waals surface area contributed by atoms with Crippen LogP contribution >= 0.6 is 0 Å². The Labute approximate surface area is 778 Å². The summed E-state index contributed by atoms with van der Waals surface area (Å²) >= 11 is 0. The molecule has 0 aliphatic carbocycles. The van der Waals surface area contributed by atoms with Crippen LogP contribution in [0.1, 0.15) is 119 Å². The second kappa shape index (κ2) is 52.4. The number of carboxylic acids is 1. The first-order valence-electron chi connectivity index (χ1n) is 44.3. The van der Waals surface area contributed by atoms with E-state index in [9.17, 15) is 123 Å². The van der Waals surface area contributed by atoms with Gasteiger partial charge >= 0.3 is 5.97 Å². The lowest BCUT2D eigenvalue weighted by molar-refractivity contribution is -0.361. The largest absolute Gasteiger partial charge is 0.481 e. The van der Waals surface area contributed by atoms with Crippen LogP contribution in [0.4, 0.5) is 0 Å². The number of carboxylic acid groups (broad SMARTS) is 1. The predicted molar refractivity (Wildman–Crippen MR) is 460 cm³/mol. The van der Waals surface area contributed by atoms with E-state index in [4.69, 9.17) is 45.6 Å². The second-order valence-corrected chi connectivity index (χ2v) is 34.1. The lowest BCUT2D eigenvalue weighted by Crippen LogP contribution is -2.71. The van der Waals surface area contributed by atoms with E-state index < -0.39 is 341 Å². The van der Waals surface area contributed by atoms with E-state index in [2.05, 4.69) is 84.1 Å². The quantitative estimate of drug-likeness (QED) is 0.0164. The van der Waals surface area contributed by atoms with Crippen LogP contribution in [0.3, 0.4) is 0 Å². The third-order valence-corrected chi connectivity index (χ3v) is 23.4. The summed E-state index contributed by atoms with van der Waals surface area (Å²) in [5.74, 6) is -18.8. The summed E-state index contributed by atoms with van der Waals surface area (Å²) in [5.41, 5.74) is 17.8. The Morgan fingerprint density at radius 3 is 1.59 bits per heavy atom. The van der Waals surface area contributed by atoms with Crippen molar-refractivity contribution in [2.75, 3.05) is 72.7 Å². The van der Waals surface area contributed by atoms with Crippen molar-refractivity contribution in [1.29, 1.82) is 0 Å². The Bertz CT molecular complexity index is 4330. The minimum atomic E-state index is -2.33. The molecule has 0 aromatic carbocycles. The number of aliphatic hydroxyl groups excluding tert-OH is 10. The summed E-state index contributed by atoms with van der Waals surface area (Å²) in [4.78, 5) is 250. The van der Waals surface area contributed by atoms with Crippen molar-refractivity contribution in [1.82, 2.24) is 93.8 Å². The average Bonchev–Trinajstić information content (AvgIpc) is 1.07. The molecule has 29 atom stereocenters. The van der Waals surface area contributed by atoms with Crippen molar-refractivity contribution in [3.63, 3.8) is 0 Å². The van der Waals surface area contributed by atoms with Gasteiger partial charge in [0.05, 0.1) is 70.5 Å². The zero-order valence-electron chi connectivity index (χ0n) is 76.4. The van der Waals surface area contributed by atoms with E-state index in [1.54, 1.807) is 0 Å². The van der Waals surface area contributed by atoms with Gasteiger partial charge in [-0.1, -0.05) is 13.8 Å². The SMILES string of the molecule is CNC(=O)CNC(=O)C1CCCN1C(=O)C(C)NC(=O)C1CCCN1C(=O)C(CCCN=C(N)N)NC(=O)C(NC(=O)C(CC(=O)O)NC(=O)C1CCCN1C(=O)C(C)NC(=O)C(CO)NC(=O)C(NC(=O)C(NC(=O)CNC(=O)C(N)Cc1cnc[nH]1)C(C)C)C(C)O)C(C)O[C@H]1O[C@H](CO)[C@@H](O)C(O[C@H]2O[C@H](CO)[C@@H](O[C@H]3O[C@H](CO)[C@@H](O)C(O)C3O)C(O)C2NC(C)=O)C1NC(C)=O. The number of aromatic amines is 1. The number of H-pyrrole nitrogens is 1. The molecule has 16 amide bonds. The number of nitrogens with one attached hydrogen (secondary N) is 14. The van der Waals surface area contributed by atoms with Gasteiger partial charge in [0.15, 0.2) is 24.8 Å². The molecule has 7 rings (SSSR count). The first kappa shape index (κ1) is 112. The van der Waals surface area contributed by atoms with Crippen LogP contribution in [0.15, 0.2) is 17.5 Å². The zero-order valence-corrected chi connectivity index (χ0v) is 76.4. The number of aliphatic imine (C=N–C) groups is 1. The molecule has 1 aromatic heterocycles. The highest BCUT2D eigenvalue weighted by Gasteiger charge is 2.56. The Morgan fingerprint density at radius 2 is 1.04 bits per heavy atom. The van der Waals surface area contributed by atoms with Crippen molar-refractivity contribution in [2.24, 2.45) is 28.1 Å². The second-order valence-electron chi connectivity index (χ2n) is 34.1. The van der Waals surface area contributed by atoms with Crippen LogP contribution in [0, 0.1) is 5.92 Å². The number of imidazole rings is 1. The average molecular weight is 1940 g/mol. The van der Waals surface area contributed by atoms with E-state index in [1.807, 2.05) is 0 Å². The fourth-order valence-corrected chi connectivity index (χ4v) is 16.2. The van der Waals surface area contributed by atoms with Crippen molar-refractivity contribution in [3.05, 3.63) is 18.2 Å². The minimum absolute atomic E-state index is 0.0333. The number of rotatable bonds is 47. The van der Waals surface area contributed by atoms with Gasteiger partial charge in [-0.05, 0) is 85.0 Å². The smallest absolute Gasteiger partial charge is 0.305 e. The highest BCUT2D eigenvalue weighted by atomic mass is 16.7. The molecule has 20 unspecified atom stereocenters. The lowest BCUT2D eigenvalue weighted by Gasteiger charge is -2.50. The van der Waals surface area contributed by atoms with Crippen LogP contribution in [0.2, 0.25) is 0 Å². The van der Waals surface area contributed by atoms with Crippen LogP contribution in [0.5, 0.6) is 0 Å². The van der Waals surface area contributed by atoms with E-state index in [0.717, 1.165) is 44.4 Å². The Hall–Kier alpha value is -11.2. The molecule has 764 valence electrons. The molecule has 1 aromatic rings. The maximum atomic E-state index is 15.7. The summed E-state index contributed by atoms with van der Waals surface area (Å²) < 4.78 is 36.2. The van der Waals surface area contributed by atoms with Gasteiger partial charge in [0, 0.05) is 65.4 Å². The molecular weight excluding hydrogens is 1810 g/mol. The number of carbonyl (C=O) groups excluding carboxylic acids is 16. The number of guanidine groups is 1. The van der Waals surface area contributed by atoms with Gasteiger partial charge in [-0.2, -0.15) is 0 Å². The maximum absolute atomic E-state index is 15.7. The van der Waals surface area contributed by atoms with Gasteiger partial charge in [-0.15, -0.1) is 0 Å². The number of aliphatic carboxylic acids is 1. The van der Waals surface area contributed by atoms with Gasteiger partial charge in [0.2, 0.25) is 94.5 Å². The summed E-state index contributed by atoms with van der Waals surface area (Å²) in [7, 11) is 1.36. The molecule has 6 saturated heterocycles. The molecule has 0 radical (unpaired) electrons. The monoisotopic (exact) mass is 1940 g/mol. The third kappa shape index (κ3) is 30.4. The molecule has 6 fully saturated rings. The van der Waals surface area contributed by atoms with Crippen LogP contribution in [0.25, 0.3) is 0 Å². The zero-order chi connectivity index (χ0) is 101. The van der Waals surface area contributed by atoms with E-state index in [1.165, 1.54) is 45.2 Å². The number of ether oxygens (including phenoxy) is 6. The number of carbonyl (C=O) groups is 17. The first-order valence-corrected chi connectivity index (χ1v) is 44.3. The Morgan fingerprint density at radius 1 is 0.537 bits per heavy atom. The van der Waals surface area contributed by atoms with Crippen molar-refractivity contribution in [3.8, 4) is 0 Å². The van der Waals surface area contributed by atoms with E-state index in [0.29, 0.717) is 12.1 Å². The molecule has 0 saturated carbocycles. The number of aromatic nitrogens is 2. The normalized spacial score (nSPS) is 27.3. The highest BCUT2D eigenvalue weighted by molar-refractivity contribution is 6.01. The highest BCUT2D eigenvalue weighted by Crippen LogP contribution is 2.35. The summed E-state index contributed by atoms with van der Waals surface area (Å²) in [6.07, 6.45) is -27.9. The van der Waals surface area contributed by atoms with Gasteiger partial charge in [0.25, 0.3) is 0 Å². The number of nitrogens with zero attached hydrogens (tertiary/aromatic N) is 5. The summed E-state index contributed by atoms with van der Waals surface area (Å²) in [6.45, 7) is 3.62. The van der Waals surface area contributed by atoms with Crippen LogP contribution in [-0.4, -0.2) is 437 Å². The molecule has 56 heteroatoms. The van der Waals surface area contributed by atoms with E-state index >= 15 is 14.4 Å². The Balaban J connectivity index is 1.16. The topological polar surface area (TPSA) is 853 Å². The number of likely N-dealkylation sites (N-methyl/N-ethyl adjacent to an activating group) is 1.